The molecule has 2 heterocycles. The van der Waals surface area contributed by atoms with Crippen LogP contribution in [0, 0.1) is 0 Å². The number of carbonyl (C=O) groups excluding carboxylic acids is 1. The van der Waals surface area contributed by atoms with Crippen molar-refractivity contribution in [3.8, 4) is 0 Å². The van der Waals surface area contributed by atoms with E-state index in [-0.39, 0.29) is 5.76 Å². The van der Waals surface area contributed by atoms with E-state index < -0.39 is 5.91 Å². The number of rotatable bonds is 5. The molecular weight excluding hydrogens is 366 g/mol. The molecule has 0 aliphatic carbocycles. The molecule has 4 rings (SSSR count). The molecule has 0 bridgehead atoms. The number of nitrogens with one attached hydrogen (secondary N) is 1. The van der Waals surface area contributed by atoms with Crippen LogP contribution in [-0.2, 0) is 13.1 Å². The highest BCUT2D eigenvalue weighted by Gasteiger charge is 2.29. The predicted octanol–water partition coefficient (Wildman–Crippen LogP) is 3.65. The molecule has 29 heavy (non-hydrogen) atoms. The van der Waals surface area contributed by atoms with Gasteiger partial charge in [0.2, 0.25) is 0 Å². The lowest BCUT2D eigenvalue weighted by Crippen LogP contribution is -2.55. The van der Waals surface area contributed by atoms with Crippen LogP contribution >= 0.6 is 0 Å². The van der Waals surface area contributed by atoms with Crippen molar-refractivity contribution in [1.29, 1.82) is 0 Å². The molecule has 1 aromatic heterocycles. The van der Waals surface area contributed by atoms with Crippen molar-refractivity contribution in [2.45, 2.75) is 39.0 Å². The van der Waals surface area contributed by atoms with Gasteiger partial charge in [0.15, 0.2) is 5.76 Å². The molecule has 0 saturated carbocycles. The Hall–Kier alpha value is -2.67. The largest absolute Gasteiger partial charge is 0.451 e. The molecule has 1 fully saturated rings. The molecule has 6 nitrogen and oxygen atoms in total. The zero-order valence-corrected chi connectivity index (χ0v) is 16.8. The van der Waals surface area contributed by atoms with E-state index in [4.69, 9.17) is 9.62 Å². The summed E-state index contributed by atoms with van der Waals surface area (Å²) in [6.45, 7) is 8.46. The van der Waals surface area contributed by atoms with Gasteiger partial charge in [-0.2, -0.15) is 0 Å². The van der Waals surface area contributed by atoms with Crippen LogP contribution in [0.1, 0.15) is 35.5 Å². The first kappa shape index (κ1) is 19.6. The molecule has 0 unspecified atom stereocenters. The number of hydroxylamine groups is 1. The van der Waals surface area contributed by atoms with Crippen molar-refractivity contribution in [1.82, 2.24) is 15.3 Å². The van der Waals surface area contributed by atoms with Crippen LogP contribution in [0.2, 0.25) is 0 Å². The van der Waals surface area contributed by atoms with Crippen LogP contribution in [0.5, 0.6) is 0 Å². The SMILES string of the molecule is C[C@@H]1CN(Cc2ccc3oc(C(=O)NO)cc3c2)C[C@H](C)N1Cc1ccccc1. The highest BCUT2D eigenvalue weighted by atomic mass is 16.5. The van der Waals surface area contributed by atoms with Crippen molar-refractivity contribution in [2.24, 2.45) is 0 Å². The van der Waals surface area contributed by atoms with E-state index in [1.54, 1.807) is 11.5 Å². The lowest BCUT2D eigenvalue weighted by atomic mass is 10.0. The Labute approximate surface area is 170 Å². The topological polar surface area (TPSA) is 69.0 Å². The Morgan fingerprint density at radius 2 is 1.76 bits per heavy atom. The minimum absolute atomic E-state index is 0.108. The van der Waals surface area contributed by atoms with E-state index in [1.807, 2.05) is 12.1 Å². The smallest absolute Gasteiger partial charge is 0.310 e. The highest BCUT2D eigenvalue weighted by Crippen LogP contribution is 2.24. The Morgan fingerprint density at radius 1 is 1.03 bits per heavy atom. The second kappa shape index (κ2) is 8.37. The molecule has 1 aliphatic rings. The Morgan fingerprint density at radius 3 is 2.45 bits per heavy atom. The van der Waals surface area contributed by atoms with Gasteiger partial charge in [0, 0.05) is 43.6 Å². The summed E-state index contributed by atoms with van der Waals surface area (Å²) in [5.41, 5.74) is 4.79. The first-order valence-electron chi connectivity index (χ1n) is 10.0. The molecule has 1 saturated heterocycles. The van der Waals surface area contributed by atoms with Crippen LogP contribution in [0.3, 0.4) is 0 Å². The molecule has 2 aromatic carbocycles. The Bertz CT molecular complexity index is 973. The quantitative estimate of drug-likeness (QED) is 0.512. The monoisotopic (exact) mass is 393 g/mol. The Balaban J connectivity index is 1.43. The van der Waals surface area contributed by atoms with Crippen molar-refractivity contribution in [3.63, 3.8) is 0 Å². The molecule has 3 aromatic rings. The minimum atomic E-state index is -0.639. The van der Waals surface area contributed by atoms with Gasteiger partial charge in [0.25, 0.3) is 0 Å². The summed E-state index contributed by atoms with van der Waals surface area (Å²) in [6.07, 6.45) is 0. The molecule has 0 radical (unpaired) electrons. The maximum absolute atomic E-state index is 11.6. The van der Waals surface area contributed by atoms with Gasteiger partial charge in [-0.05, 0) is 43.2 Å². The van der Waals surface area contributed by atoms with Crippen molar-refractivity contribution in [2.75, 3.05) is 13.1 Å². The van der Waals surface area contributed by atoms with E-state index in [2.05, 4.69) is 60.0 Å². The van der Waals surface area contributed by atoms with E-state index in [0.717, 1.165) is 31.6 Å². The molecule has 1 aliphatic heterocycles. The van der Waals surface area contributed by atoms with Crippen molar-refractivity contribution < 1.29 is 14.4 Å². The lowest BCUT2D eigenvalue weighted by molar-refractivity contribution is 0.0290. The van der Waals surface area contributed by atoms with Crippen LogP contribution in [-0.4, -0.2) is 46.1 Å². The fourth-order valence-corrected chi connectivity index (χ4v) is 4.32. The van der Waals surface area contributed by atoms with Crippen LogP contribution in [0.4, 0.5) is 0 Å². The van der Waals surface area contributed by atoms with Gasteiger partial charge in [-0.3, -0.25) is 19.8 Å². The Kier molecular flexibility index (Phi) is 5.67. The van der Waals surface area contributed by atoms with E-state index in [0.29, 0.717) is 17.7 Å². The third-order valence-electron chi connectivity index (χ3n) is 5.70. The van der Waals surface area contributed by atoms with Gasteiger partial charge < -0.3 is 4.42 Å². The average Bonchev–Trinajstić information content (AvgIpc) is 3.14. The number of fused-ring (bicyclic) bond motifs is 1. The maximum atomic E-state index is 11.6. The zero-order chi connectivity index (χ0) is 20.4. The first-order valence-corrected chi connectivity index (χ1v) is 10.0. The van der Waals surface area contributed by atoms with Crippen LogP contribution in [0.15, 0.2) is 59.0 Å². The number of hydrogen-bond donors (Lipinski definition) is 2. The first-order chi connectivity index (χ1) is 14.0. The fourth-order valence-electron chi connectivity index (χ4n) is 4.32. The normalized spacial score (nSPS) is 20.8. The summed E-state index contributed by atoms with van der Waals surface area (Å²) < 4.78 is 5.48. The van der Waals surface area contributed by atoms with E-state index in [9.17, 15) is 4.79 Å². The van der Waals surface area contributed by atoms with Gasteiger partial charge in [-0.1, -0.05) is 36.4 Å². The van der Waals surface area contributed by atoms with Gasteiger partial charge in [0.05, 0.1) is 0 Å². The number of furan rings is 1. The van der Waals surface area contributed by atoms with Crippen molar-refractivity contribution in [3.05, 3.63) is 71.5 Å². The second-order valence-electron chi connectivity index (χ2n) is 7.97. The molecular formula is C23H27N3O3. The lowest BCUT2D eigenvalue weighted by Gasteiger charge is -2.44. The average molecular weight is 393 g/mol. The number of carbonyl (C=O) groups is 1. The molecule has 152 valence electrons. The summed E-state index contributed by atoms with van der Waals surface area (Å²) >= 11 is 0. The molecule has 2 atom stereocenters. The number of amides is 1. The third-order valence-corrected chi connectivity index (χ3v) is 5.70. The minimum Gasteiger partial charge on any atom is -0.451 e. The third kappa shape index (κ3) is 4.34. The molecule has 6 heteroatoms. The molecule has 1 amide bonds. The zero-order valence-electron chi connectivity index (χ0n) is 16.8. The van der Waals surface area contributed by atoms with E-state index in [1.165, 1.54) is 11.1 Å². The number of piperazine rings is 1. The summed E-state index contributed by atoms with van der Waals surface area (Å²) in [5.74, 6) is -0.531. The van der Waals surface area contributed by atoms with Gasteiger partial charge in [-0.25, -0.2) is 5.48 Å². The summed E-state index contributed by atoms with van der Waals surface area (Å²) in [4.78, 5) is 16.6. The summed E-state index contributed by atoms with van der Waals surface area (Å²) in [6, 6.07) is 19.2. The number of nitrogens with zero attached hydrogens (tertiary/aromatic N) is 2. The number of benzene rings is 2. The van der Waals surface area contributed by atoms with Crippen LogP contribution in [0.25, 0.3) is 11.0 Å². The van der Waals surface area contributed by atoms with Gasteiger partial charge in [-0.15, -0.1) is 0 Å². The summed E-state index contributed by atoms with van der Waals surface area (Å²) in [7, 11) is 0. The van der Waals surface area contributed by atoms with Gasteiger partial charge in [0.1, 0.15) is 5.58 Å². The van der Waals surface area contributed by atoms with Crippen molar-refractivity contribution >= 4 is 16.9 Å². The second-order valence-corrected chi connectivity index (χ2v) is 7.97. The highest BCUT2D eigenvalue weighted by molar-refractivity contribution is 5.95. The molecule has 2 N–H and O–H groups in total. The van der Waals surface area contributed by atoms with E-state index >= 15 is 0 Å². The maximum Gasteiger partial charge on any atom is 0.310 e. The summed E-state index contributed by atoms with van der Waals surface area (Å²) in [5, 5.41) is 9.64. The van der Waals surface area contributed by atoms with Crippen LogP contribution < -0.4 is 5.48 Å². The predicted molar refractivity (Wildman–Crippen MR) is 112 cm³/mol. The number of hydrogen-bond acceptors (Lipinski definition) is 5. The molecule has 0 spiro atoms. The van der Waals surface area contributed by atoms with Gasteiger partial charge >= 0.3 is 5.91 Å². The fraction of sp³-hybridized carbons (Fsp3) is 0.348. The standard InChI is InChI=1S/C23H27N3O3/c1-16-12-25(13-17(2)26(16)15-18-6-4-3-5-7-18)14-19-8-9-21-20(10-19)11-22(29-21)23(27)24-28/h3-11,16-17,28H,12-15H2,1-2H3,(H,24,27)/t16-,17+.